The van der Waals surface area contributed by atoms with Gasteiger partial charge in [0.1, 0.15) is 0 Å². The van der Waals surface area contributed by atoms with Gasteiger partial charge < -0.3 is 16.8 Å². The summed E-state index contributed by atoms with van der Waals surface area (Å²) in [5, 5.41) is 2.87. The second kappa shape index (κ2) is 9.40. The van der Waals surface area contributed by atoms with Crippen molar-refractivity contribution in [1.82, 2.24) is 5.32 Å². The van der Waals surface area contributed by atoms with Crippen LogP contribution in [0.5, 0.6) is 0 Å². The number of amides is 2. The lowest BCUT2D eigenvalue weighted by Crippen LogP contribution is -2.32. The maximum atomic E-state index is 12.5. The topological polar surface area (TPSA) is 98.2 Å². The smallest absolute Gasteiger partial charge is 0.252 e. The van der Waals surface area contributed by atoms with Gasteiger partial charge in [-0.2, -0.15) is 0 Å². The molecule has 5 nitrogen and oxygen atoms in total. The first-order valence-electron chi connectivity index (χ1n) is 8.52. The molecule has 2 aromatic carbocycles. The lowest BCUT2D eigenvalue weighted by molar-refractivity contribution is -0.115. The molecule has 2 amide bonds. The van der Waals surface area contributed by atoms with Gasteiger partial charge in [-0.1, -0.05) is 50.2 Å². The van der Waals surface area contributed by atoms with E-state index in [4.69, 9.17) is 11.5 Å². The lowest BCUT2D eigenvalue weighted by Gasteiger charge is -2.15. The molecule has 1 unspecified atom stereocenters. The first-order chi connectivity index (χ1) is 12.4. The van der Waals surface area contributed by atoms with Crippen molar-refractivity contribution in [1.29, 1.82) is 0 Å². The molecule has 1 atom stereocenters. The van der Waals surface area contributed by atoms with Crippen LogP contribution in [0.15, 0.2) is 53.4 Å². The molecule has 0 aliphatic carbocycles. The summed E-state index contributed by atoms with van der Waals surface area (Å²) in [5.41, 5.74) is 14.1. The summed E-state index contributed by atoms with van der Waals surface area (Å²) in [7, 11) is 0. The first-order valence-corrected chi connectivity index (χ1v) is 9.50. The Bertz CT molecular complexity index is 760. The maximum Gasteiger partial charge on any atom is 0.252 e. The zero-order valence-corrected chi connectivity index (χ0v) is 15.9. The molecule has 0 radical (unpaired) electrons. The summed E-state index contributed by atoms with van der Waals surface area (Å²) in [6.07, 6.45) is 0. The molecule has 0 aromatic heterocycles. The van der Waals surface area contributed by atoms with Crippen LogP contribution in [-0.4, -0.2) is 24.1 Å². The number of rotatable bonds is 8. The fourth-order valence-electron chi connectivity index (χ4n) is 2.47. The number of primary amides is 1. The molecule has 0 fully saturated rings. The Morgan fingerprint density at radius 3 is 2.27 bits per heavy atom. The highest BCUT2D eigenvalue weighted by Crippen LogP contribution is 2.22. The van der Waals surface area contributed by atoms with Crippen molar-refractivity contribution >= 4 is 23.6 Å². The number of hydrogen-bond acceptors (Lipinski definition) is 4. The highest BCUT2D eigenvalue weighted by molar-refractivity contribution is 8.00. The molecule has 0 saturated heterocycles. The van der Waals surface area contributed by atoms with Gasteiger partial charge in [0.25, 0.3) is 5.91 Å². The second-order valence-electron chi connectivity index (χ2n) is 6.39. The van der Waals surface area contributed by atoms with Crippen LogP contribution in [0.3, 0.4) is 0 Å². The molecule has 2 aromatic rings. The van der Waals surface area contributed by atoms with E-state index in [-0.39, 0.29) is 17.7 Å². The van der Waals surface area contributed by atoms with E-state index in [1.165, 1.54) is 17.3 Å². The van der Waals surface area contributed by atoms with E-state index in [2.05, 4.69) is 31.3 Å². The van der Waals surface area contributed by atoms with Crippen LogP contribution >= 0.6 is 11.8 Å². The molecule has 0 heterocycles. The summed E-state index contributed by atoms with van der Waals surface area (Å²) in [6.45, 7) is 4.61. The van der Waals surface area contributed by atoms with E-state index >= 15 is 0 Å². The van der Waals surface area contributed by atoms with Crippen molar-refractivity contribution in [2.45, 2.75) is 30.7 Å². The average molecular weight is 372 g/mol. The van der Waals surface area contributed by atoms with E-state index in [1.807, 2.05) is 18.2 Å². The number of thioether (sulfide) groups is 1. The molecule has 5 N–H and O–H groups in total. The predicted octanol–water partition coefficient (Wildman–Crippen LogP) is 2.82. The van der Waals surface area contributed by atoms with Gasteiger partial charge >= 0.3 is 0 Å². The standard InChI is InChI=1S/C20H25N3O2S/c1-13(2)14-7-9-15(10-8-14)17(21)11-23-20(25)16-5-3-4-6-18(16)26-12-19(22)24/h3-10,13,17H,11-12,21H2,1-2H3,(H2,22,24)(H,23,25). The third-order valence-corrected chi connectivity index (χ3v) is 5.11. The summed E-state index contributed by atoms with van der Waals surface area (Å²) < 4.78 is 0. The van der Waals surface area contributed by atoms with Gasteiger partial charge in [0.05, 0.1) is 11.3 Å². The molecule has 0 aliphatic heterocycles. The van der Waals surface area contributed by atoms with Crippen LogP contribution in [0.1, 0.15) is 47.3 Å². The van der Waals surface area contributed by atoms with Crippen molar-refractivity contribution in [3.63, 3.8) is 0 Å². The van der Waals surface area contributed by atoms with Gasteiger partial charge in [0.15, 0.2) is 0 Å². The van der Waals surface area contributed by atoms with Gasteiger partial charge in [-0.05, 0) is 29.2 Å². The number of benzene rings is 2. The Morgan fingerprint density at radius 1 is 1.04 bits per heavy atom. The van der Waals surface area contributed by atoms with Crippen LogP contribution in [0.4, 0.5) is 0 Å². The monoisotopic (exact) mass is 371 g/mol. The Kier molecular flexibility index (Phi) is 7.24. The second-order valence-corrected chi connectivity index (χ2v) is 7.41. The molecule has 0 aliphatic rings. The third-order valence-electron chi connectivity index (χ3n) is 4.02. The Hall–Kier alpha value is -2.31. The molecule has 0 spiro atoms. The van der Waals surface area contributed by atoms with Crippen LogP contribution in [-0.2, 0) is 4.79 Å². The maximum absolute atomic E-state index is 12.5. The van der Waals surface area contributed by atoms with Crippen LogP contribution in [0.2, 0.25) is 0 Å². The number of hydrogen-bond donors (Lipinski definition) is 3. The number of carbonyl (C=O) groups excluding carboxylic acids is 2. The molecular weight excluding hydrogens is 346 g/mol. The fourth-order valence-corrected chi connectivity index (χ4v) is 3.26. The van der Waals surface area contributed by atoms with Crippen molar-refractivity contribution in [3.8, 4) is 0 Å². The molecule has 138 valence electrons. The quantitative estimate of drug-likeness (QED) is 0.622. The summed E-state index contributed by atoms with van der Waals surface area (Å²) in [6, 6.07) is 15.0. The molecule has 0 bridgehead atoms. The SMILES string of the molecule is CC(C)c1ccc(C(N)CNC(=O)c2ccccc2SCC(N)=O)cc1. The summed E-state index contributed by atoms with van der Waals surface area (Å²) in [5.74, 6) is -0.0373. The van der Waals surface area contributed by atoms with E-state index in [1.54, 1.807) is 18.2 Å². The number of nitrogens with one attached hydrogen (secondary N) is 1. The summed E-state index contributed by atoms with van der Waals surface area (Å²) in [4.78, 5) is 24.2. The molecule has 0 saturated carbocycles. The molecule has 2 rings (SSSR count). The van der Waals surface area contributed by atoms with Crippen molar-refractivity contribution in [3.05, 3.63) is 65.2 Å². The van der Waals surface area contributed by atoms with Crippen molar-refractivity contribution in [2.75, 3.05) is 12.3 Å². The largest absolute Gasteiger partial charge is 0.369 e. The Morgan fingerprint density at radius 2 is 1.65 bits per heavy atom. The van der Waals surface area contributed by atoms with Gasteiger partial charge in [-0.25, -0.2) is 0 Å². The van der Waals surface area contributed by atoms with E-state index < -0.39 is 5.91 Å². The lowest BCUT2D eigenvalue weighted by atomic mass is 9.99. The Labute approximate surface area is 158 Å². The van der Waals surface area contributed by atoms with Gasteiger partial charge in [0.2, 0.25) is 5.91 Å². The van der Waals surface area contributed by atoms with E-state index in [0.29, 0.717) is 18.0 Å². The third kappa shape index (κ3) is 5.61. The molecule has 26 heavy (non-hydrogen) atoms. The zero-order valence-electron chi connectivity index (χ0n) is 15.1. The minimum absolute atomic E-state index is 0.131. The number of carbonyl (C=O) groups is 2. The fraction of sp³-hybridized carbons (Fsp3) is 0.300. The van der Waals surface area contributed by atoms with Gasteiger partial charge in [-0.15, -0.1) is 11.8 Å². The van der Waals surface area contributed by atoms with Crippen molar-refractivity contribution < 1.29 is 9.59 Å². The van der Waals surface area contributed by atoms with E-state index in [0.717, 1.165) is 10.5 Å². The van der Waals surface area contributed by atoms with Crippen molar-refractivity contribution in [2.24, 2.45) is 11.5 Å². The summed E-state index contributed by atoms with van der Waals surface area (Å²) >= 11 is 1.25. The number of nitrogens with two attached hydrogens (primary N) is 2. The first kappa shape index (κ1) is 20.0. The van der Waals surface area contributed by atoms with E-state index in [9.17, 15) is 9.59 Å². The molecule has 6 heteroatoms. The minimum atomic E-state index is -0.419. The highest BCUT2D eigenvalue weighted by Gasteiger charge is 2.14. The predicted molar refractivity (Wildman–Crippen MR) is 106 cm³/mol. The van der Waals surface area contributed by atoms with Crippen LogP contribution in [0.25, 0.3) is 0 Å². The average Bonchev–Trinajstić information content (AvgIpc) is 2.64. The van der Waals surface area contributed by atoms with Crippen LogP contribution < -0.4 is 16.8 Å². The van der Waals surface area contributed by atoms with Gasteiger partial charge in [0, 0.05) is 17.5 Å². The highest BCUT2D eigenvalue weighted by atomic mass is 32.2. The normalized spacial score (nSPS) is 12.0. The zero-order chi connectivity index (χ0) is 19.1. The molecular formula is C20H25N3O2S. The van der Waals surface area contributed by atoms with Gasteiger partial charge in [-0.3, -0.25) is 9.59 Å². The van der Waals surface area contributed by atoms with Crippen LogP contribution in [0, 0.1) is 0 Å². The minimum Gasteiger partial charge on any atom is -0.369 e. The Balaban J connectivity index is 1.98.